The maximum absolute atomic E-state index is 14.8. The molecule has 0 saturated heterocycles. The van der Waals surface area contributed by atoms with E-state index in [-0.39, 0.29) is 5.56 Å². The van der Waals surface area contributed by atoms with E-state index < -0.39 is 17.6 Å². The van der Waals surface area contributed by atoms with Crippen molar-refractivity contribution >= 4 is 28.7 Å². The monoisotopic (exact) mass is 387 g/mol. The number of carbonyl (C=O) groups excluding carboxylic acids is 1. The molecule has 0 bridgehead atoms. The van der Waals surface area contributed by atoms with Crippen LogP contribution in [-0.4, -0.2) is 32.2 Å². The Kier molecular flexibility index (Phi) is 4.26. The van der Waals surface area contributed by atoms with Crippen LogP contribution in [0.4, 0.5) is 10.1 Å². The van der Waals surface area contributed by atoms with Crippen LogP contribution in [-0.2, 0) is 0 Å². The Hall–Kier alpha value is -2.67. The standard InChI is InChI=1S/C19H19ClFN5O/c1-19(21)5-2-3-15(19)25-17-13(18(22)27)9-24-26-10-12(7-14(17)26)11-4-6-23-16(20)8-11/h4,6-10,15,25H,2-3,5H2,1H3,(H2,22,27). The molecular formula is C19H19ClFN5O. The highest BCUT2D eigenvalue weighted by Crippen LogP contribution is 2.37. The molecule has 3 heterocycles. The molecule has 0 aliphatic heterocycles. The molecule has 3 aromatic heterocycles. The van der Waals surface area contributed by atoms with Gasteiger partial charge in [0, 0.05) is 18.0 Å². The lowest BCUT2D eigenvalue weighted by molar-refractivity contribution is 0.1000. The van der Waals surface area contributed by atoms with E-state index in [1.807, 2.05) is 18.3 Å². The maximum Gasteiger partial charge on any atom is 0.252 e. The van der Waals surface area contributed by atoms with Crippen molar-refractivity contribution in [3.63, 3.8) is 0 Å². The van der Waals surface area contributed by atoms with Crippen LogP contribution < -0.4 is 11.1 Å². The van der Waals surface area contributed by atoms with Crippen LogP contribution in [0.2, 0.25) is 5.15 Å². The molecule has 0 spiro atoms. The predicted molar refractivity (Wildman–Crippen MR) is 103 cm³/mol. The van der Waals surface area contributed by atoms with Gasteiger partial charge in [-0.15, -0.1) is 0 Å². The number of alkyl halides is 1. The van der Waals surface area contributed by atoms with Gasteiger partial charge in [0.15, 0.2) is 0 Å². The first-order valence-corrected chi connectivity index (χ1v) is 9.11. The van der Waals surface area contributed by atoms with E-state index in [0.29, 0.717) is 29.2 Å². The molecule has 2 atom stereocenters. The van der Waals surface area contributed by atoms with E-state index in [9.17, 15) is 9.18 Å². The first-order valence-electron chi connectivity index (χ1n) is 8.74. The molecule has 8 heteroatoms. The number of hydrogen-bond acceptors (Lipinski definition) is 4. The fourth-order valence-corrected chi connectivity index (χ4v) is 3.83. The van der Waals surface area contributed by atoms with Crippen LogP contribution in [0, 0.1) is 0 Å². The summed E-state index contributed by atoms with van der Waals surface area (Å²) in [7, 11) is 0. The molecule has 4 rings (SSSR count). The van der Waals surface area contributed by atoms with Crippen molar-refractivity contribution in [2.24, 2.45) is 5.73 Å². The number of hydrogen-bond donors (Lipinski definition) is 2. The van der Waals surface area contributed by atoms with Crippen LogP contribution in [0.25, 0.3) is 16.6 Å². The summed E-state index contributed by atoms with van der Waals surface area (Å²) in [5, 5.41) is 7.88. The minimum Gasteiger partial charge on any atom is -0.377 e. The summed E-state index contributed by atoms with van der Waals surface area (Å²) in [6.07, 6.45) is 6.81. The largest absolute Gasteiger partial charge is 0.377 e. The number of nitrogens with two attached hydrogens (primary N) is 1. The average Bonchev–Trinajstić information content (AvgIpc) is 3.18. The minimum atomic E-state index is -1.34. The number of halogens is 2. The van der Waals surface area contributed by atoms with E-state index in [1.165, 1.54) is 6.20 Å². The first kappa shape index (κ1) is 17.7. The van der Waals surface area contributed by atoms with Crippen LogP contribution in [0.15, 0.2) is 36.8 Å². The molecule has 1 amide bonds. The van der Waals surface area contributed by atoms with Crippen molar-refractivity contribution in [2.45, 2.75) is 37.9 Å². The second-order valence-corrected chi connectivity index (χ2v) is 7.48. The van der Waals surface area contributed by atoms with Crippen molar-refractivity contribution in [1.29, 1.82) is 0 Å². The predicted octanol–water partition coefficient (Wildman–Crippen LogP) is 3.84. The molecule has 3 N–H and O–H groups in total. The highest BCUT2D eigenvalue weighted by Gasteiger charge is 2.39. The van der Waals surface area contributed by atoms with Crippen LogP contribution in [0.1, 0.15) is 36.5 Å². The van der Waals surface area contributed by atoms with E-state index in [1.54, 1.807) is 23.7 Å². The van der Waals surface area contributed by atoms with Crippen molar-refractivity contribution in [3.05, 3.63) is 47.5 Å². The number of anilines is 1. The molecule has 1 fully saturated rings. The Labute approximate surface area is 160 Å². The summed E-state index contributed by atoms with van der Waals surface area (Å²) in [6, 6.07) is 5.06. The number of nitrogens with one attached hydrogen (secondary N) is 1. The zero-order valence-electron chi connectivity index (χ0n) is 14.7. The summed E-state index contributed by atoms with van der Waals surface area (Å²) in [4.78, 5) is 15.9. The summed E-state index contributed by atoms with van der Waals surface area (Å²) >= 11 is 5.99. The van der Waals surface area contributed by atoms with Gasteiger partial charge >= 0.3 is 0 Å². The number of nitrogens with zero attached hydrogens (tertiary/aromatic N) is 3. The van der Waals surface area contributed by atoms with Gasteiger partial charge in [-0.1, -0.05) is 11.6 Å². The second kappa shape index (κ2) is 6.49. The third kappa shape index (κ3) is 3.23. The molecule has 2 unspecified atom stereocenters. The van der Waals surface area contributed by atoms with Crippen molar-refractivity contribution in [2.75, 3.05) is 5.32 Å². The molecule has 1 aliphatic rings. The molecule has 140 valence electrons. The Morgan fingerprint density at radius 2 is 2.26 bits per heavy atom. The lowest BCUT2D eigenvalue weighted by atomic mass is 10.0. The molecule has 3 aromatic rings. The van der Waals surface area contributed by atoms with Gasteiger partial charge in [-0.3, -0.25) is 4.79 Å². The molecule has 6 nitrogen and oxygen atoms in total. The second-order valence-electron chi connectivity index (χ2n) is 7.09. The fraction of sp³-hybridized carbons (Fsp3) is 0.316. The van der Waals surface area contributed by atoms with Gasteiger partial charge in [-0.2, -0.15) is 5.10 Å². The average molecular weight is 388 g/mol. The third-order valence-electron chi connectivity index (χ3n) is 5.17. The van der Waals surface area contributed by atoms with Gasteiger partial charge < -0.3 is 11.1 Å². The van der Waals surface area contributed by atoms with E-state index in [4.69, 9.17) is 17.3 Å². The van der Waals surface area contributed by atoms with Crippen LogP contribution in [0.3, 0.4) is 0 Å². The number of aromatic nitrogens is 3. The quantitative estimate of drug-likeness (QED) is 0.666. The Balaban J connectivity index is 1.84. The smallest absolute Gasteiger partial charge is 0.252 e. The third-order valence-corrected chi connectivity index (χ3v) is 5.37. The highest BCUT2D eigenvalue weighted by atomic mass is 35.5. The van der Waals surface area contributed by atoms with Crippen molar-refractivity contribution in [1.82, 2.24) is 14.6 Å². The molecule has 27 heavy (non-hydrogen) atoms. The lowest BCUT2D eigenvalue weighted by Gasteiger charge is -2.26. The van der Waals surface area contributed by atoms with Gasteiger partial charge in [0.1, 0.15) is 10.8 Å². The molecule has 0 aromatic carbocycles. The first-order chi connectivity index (χ1) is 12.8. The number of amides is 1. The summed E-state index contributed by atoms with van der Waals surface area (Å²) in [5.74, 6) is -0.610. The Morgan fingerprint density at radius 3 is 2.93 bits per heavy atom. The highest BCUT2D eigenvalue weighted by molar-refractivity contribution is 6.29. The van der Waals surface area contributed by atoms with Gasteiger partial charge in [-0.25, -0.2) is 13.9 Å². The number of carbonyl (C=O) groups is 1. The number of primary amides is 1. The number of fused-ring (bicyclic) bond motifs is 1. The SMILES string of the molecule is CC1(F)CCCC1Nc1c(C(N)=O)cnn2cc(-c3ccnc(Cl)c3)cc12. The molecule has 1 saturated carbocycles. The van der Waals surface area contributed by atoms with Gasteiger partial charge in [-0.05, 0) is 49.9 Å². The van der Waals surface area contributed by atoms with Crippen LogP contribution in [0.5, 0.6) is 0 Å². The topological polar surface area (TPSA) is 85.3 Å². The molecule has 0 radical (unpaired) electrons. The van der Waals surface area contributed by atoms with Gasteiger partial charge in [0.05, 0.1) is 29.0 Å². The fourth-order valence-electron chi connectivity index (χ4n) is 3.66. The zero-order valence-corrected chi connectivity index (χ0v) is 15.5. The summed E-state index contributed by atoms with van der Waals surface area (Å²) in [5.41, 5.74) is 7.30. The Morgan fingerprint density at radius 1 is 1.44 bits per heavy atom. The molecular weight excluding hydrogens is 369 g/mol. The maximum atomic E-state index is 14.8. The number of rotatable bonds is 4. The van der Waals surface area contributed by atoms with Crippen molar-refractivity contribution in [3.8, 4) is 11.1 Å². The normalized spacial score (nSPS) is 22.3. The van der Waals surface area contributed by atoms with Gasteiger partial charge in [0.25, 0.3) is 5.91 Å². The van der Waals surface area contributed by atoms with Gasteiger partial charge in [0.2, 0.25) is 0 Å². The molecule has 1 aliphatic carbocycles. The van der Waals surface area contributed by atoms with E-state index >= 15 is 0 Å². The van der Waals surface area contributed by atoms with E-state index in [2.05, 4.69) is 15.4 Å². The van der Waals surface area contributed by atoms with Crippen molar-refractivity contribution < 1.29 is 9.18 Å². The zero-order chi connectivity index (χ0) is 19.2. The van der Waals surface area contributed by atoms with E-state index in [0.717, 1.165) is 17.5 Å². The minimum absolute atomic E-state index is 0.239. The Bertz CT molecular complexity index is 1030. The number of pyridine rings is 1. The van der Waals surface area contributed by atoms with Crippen LogP contribution >= 0.6 is 11.6 Å². The summed E-state index contributed by atoms with van der Waals surface area (Å²) < 4.78 is 16.4. The summed E-state index contributed by atoms with van der Waals surface area (Å²) in [6.45, 7) is 1.59. The lowest BCUT2D eigenvalue weighted by Crippen LogP contribution is -2.36.